The number of rotatable bonds is 8. The van der Waals surface area contributed by atoms with Gasteiger partial charge in [-0.3, -0.25) is 9.69 Å². The number of hydrogen-bond acceptors (Lipinski definition) is 3. The molecule has 0 saturated heterocycles. The van der Waals surface area contributed by atoms with Gasteiger partial charge in [0.15, 0.2) is 0 Å². The Labute approximate surface area is 118 Å². The van der Waals surface area contributed by atoms with Crippen molar-refractivity contribution in [3.63, 3.8) is 0 Å². The second kappa shape index (κ2) is 8.92. The molecule has 0 aliphatic rings. The third kappa shape index (κ3) is 5.71. The molecule has 2 N–H and O–H groups in total. The van der Waals surface area contributed by atoms with Crippen molar-refractivity contribution in [2.45, 2.75) is 13.3 Å². The van der Waals surface area contributed by atoms with Gasteiger partial charge in [-0.25, -0.2) is 4.79 Å². The van der Waals surface area contributed by atoms with Crippen LogP contribution in [0.4, 0.5) is 10.5 Å². The number of carbonyl (C=O) groups excluding carboxylic acids is 1. The van der Waals surface area contributed by atoms with Crippen molar-refractivity contribution in [2.24, 2.45) is 0 Å². The van der Waals surface area contributed by atoms with Crippen molar-refractivity contribution in [1.82, 2.24) is 5.32 Å². The quantitative estimate of drug-likeness (QED) is 0.711. The van der Waals surface area contributed by atoms with Gasteiger partial charge < -0.3 is 15.2 Å². The number of benzene rings is 1. The number of nitrogens with one attached hydrogen (secondary N) is 1. The summed E-state index contributed by atoms with van der Waals surface area (Å²) < 4.78 is 5.14. The molecule has 0 bridgehead atoms. The van der Waals surface area contributed by atoms with E-state index in [-0.39, 0.29) is 19.0 Å². The Balaban J connectivity index is 2.62. The number of aliphatic carboxylic acids is 1. The highest BCUT2D eigenvalue weighted by Crippen LogP contribution is 2.13. The molecule has 20 heavy (non-hydrogen) atoms. The number of hydrogen-bond donors (Lipinski definition) is 2. The fraction of sp³-hybridized carbons (Fsp3) is 0.429. The summed E-state index contributed by atoms with van der Waals surface area (Å²) in [5.74, 6) is -0.937. The number of ether oxygens (including phenoxy) is 1. The summed E-state index contributed by atoms with van der Waals surface area (Å²) >= 11 is 0. The Bertz CT molecular complexity index is 422. The SMILES string of the molecule is CCOCCNC(=O)N(CCC(=O)O)c1ccccc1. The molecule has 0 saturated carbocycles. The molecule has 0 aromatic heterocycles. The number of carboxylic acids is 1. The average molecular weight is 280 g/mol. The lowest BCUT2D eigenvalue weighted by atomic mass is 10.3. The lowest BCUT2D eigenvalue weighted by Gasteiger charge is -2.22. The summed E-state index contributed by atoms with van der Waals surface area (Å²) in [4.78, 5) is 24.2. The van der Waals surface area contributed by atoms with Crippen LogP contribution in [0.3, 0.4) is 0 Å². The minimum absolute atomic E-state index is 0.103. The second-order valence-electron chi connectivity index (χ2n) is 4.06. The van der Waals surface area contributed by atoms with Gasteiger partial charge in [0.25, 0.3) is 0 Å². The van der Waals surface area contributed by atoms with Crippen molar-refractivity contribution in [1.29, 1.82) is 0 Å². The Kier molecular flexibility index (Phi) is 7.13. The van der Waals surface area contributed by atoms with Gasteiger partial charge in [0.1, 0.15) is 0 Å². The molecule has 6 heteroatoms. The number of para-hydroxylation sites is 1. The van der Waals surface area contributed by atoms with E-state index in [0.717, 1.165) is 0 Å². The van der Waals surface area contributed by atoms with E-state index < -0.39 is 5.97 Å². The predicted octanol–water partition coefficient (Wildman–Crippen LogP) is 1.71. The maximum Gasteiger partial charge on any atom is 0.321 e. The molecule has 0 aliphatic carbocycles. The molecule has 110 valence electrons. The molecule has 2 amide bonds. The van der Waals surface area contributed by atoms with E-state index in [9.17, 15) is 9.59 Å². The van der Waals surface area contributed by atoms with Crippen LogP contribution in [0.15, 0.2) is 30.3 Å². The van der Waals surface area contributed by atoms with Crippen LogP contribution in [0.5, 0.6) is 0 Å². The van der Waals surface area contributed by atoms with Crippen LogP contribution >= 0.6 is 0 Å². The molecule has 0 unspecified atom stereocenters. The van der Waals surface area contributed by atoms with Crippen LogP contribution in [-0.4, -0.2) is 43.4 Å². The monoisotopic (exact) mass is 280 g/mol. The minimum Gasteiger partial charge on any atom is -0.481 e. The molecule has 0 atom stereocenters. The number of carbonyl (C=O) groups is 2. The third-order valence-electron chi connectivity index (χ3n) is 2.59. The van der Waals surface area contributed by atoms with Gasteiger partial charge in [-0.05, 0) is 19.1 Å². The third-order valence-corrected chi connectivity index (χ3v) is 2.59. The fourth-order valence-electron chi connectivity index (χ4n) is 1.63. The lowest BCUT2D eigenvalue weighted by molar-refractivity contribution is -0.136. The topological polar surface area (TPSA) is 78.9 Å². The fourth-order valence-corrected chi connectivity index (χ4v) is 1.63. The summed E-state index contributed by atoms with van der Waals surface area (Å²) in [6, 6.07) is 8.66. The molecule has 0 aliphatic heterocycles. The van der Waals surface area contributed by atoms with Crippen molar-refractivity contribution in [3.05, 3.63) is 30.3 Å². The lowest BCUT2D eigenvalue weighted by Crippen LogP contribution is -2.42. The molecule has 6 nitrogen and oxygen atoms in total. The van der Waals surface area contributed by atoms with Crippen LogP contribution in [0.1, 0.15) is 13.3 Å². The van der Waals surface area contributed by atoms with Crippen LogP contribution < -0.4 is 10.2 Å². The van der Waals surface area contributed by atoms with Gasteiger partial charge in [0, 0.05) is 25.4 Å². The van der Waals surface area contributed by atoms with Crippen molar-refractivity contribution in [3.8, 4) is 0 Å². The van der Waals surface area contributed by atoms with Gasteiger partial charge in [0.2, 0.25) is 0 Å². The molecule has 1 aromatic rings. The van der Waals surface area contributed by atoms with Gasteiger partial charge in [-0.15, -0.1) is 0 Å². The van der Waals surface area contributed by atoms with Gasteiger partial charge >= 0.3 is 12.0 Å². The maximum atomic E-state index is 12.1. The molecule has 0 spiro atoms. The zero-order chi connectivity index (χ0) is 14.8. The summed E-state index contributed by atoms with van der Waals surface area (Å²) in [6.07, 6.45) is -0.103. The number of anilines is 1. The molecule has 0 radical (unpaired) electrons. The van der Waals surface area contributed by atoms with E-state index in [4.69, 9.17) is 9.84 Å². The van der Waals surface area contributed by atoms with Gasteiger partial charge in [-0.1, -0.05) is 18.2 Å². The van der Waals surface area contributed by atoms with E-state index in [1.807, 2.05) is 13.0 Å². The zero-order valence-corrected chi connectivity index (χ0v) is 11.5. The average Bonchev–Trinajstić information content (AvgIpc) is 2.44. The first-order chi connectivity index (χ1) is 9.65. The summed E-state index contributed by atoms with van der Waals surface area (Å²) in [5.41, 5.74) is 0.669. The van der Waals surface area contributed by atoms with Gasteiger partial charge in [0.05, 0.1) is 13.0 Å². The summed E-state index contributed by atoms with van der Waals surface area (Å²) in [6.45, 7) is 3.43. The minimum atomic E-state index is -0.937. The second-order valence-corrected chi connectivity index (χ2v) is 4.06. The highest BCUT2D eigenvalue weighted by atomic mass is 16.5. The first-order valence-corrected chi connectivity index (χ1v) is 6.55. The predicted molar refractivity (Wildman–Crippen MR) is 75.9 cm³/mol. The molecule has 1 aromatic carbocycles. The number of urea groups is 1. The summed E-state index contributed by atoms with van der Waals surface area (Å²) in [5, 5.41) is 11.5. The molecule has 0 heterocycles. The molecular formula is C14H20N2O4. The van der Waals surface area contributed by atoms with Crippen LogP contribution in [0, 0.1) is 0 Å². The van der Waals surface area contributed by atoms with E-state index in [1.165, 1.54) is 4.90 Å². The van der Waals surface area contributed by atoms with E-state index in [2.05, 4.69) is 5.32 Å². The number of carboxylic acid groups (broad SMARTS) is 1. The molecule has 0 fully saturated rings. The van der Waals surface area contributed by atoms with E-state index >= 15 is 0 Å². The van der Waals surface area contributed by atoms with Crippen LogP contribution in [-0.2, 0) is 9.53 Å². The van der Waals surface area contributed by atoms with Crippen molar-refractivity contribution >= 4 is 17.7 Å². The Morgan fingerprint density at radius 1 is 1.30 bits per heavy atom. The zero-order valence-electron chi connectivity index (χ0n) is 11.5. The largest absolute Gasteiger partial charge is 0.481 e. The maximum absolute atomic E-state index is 12.1. The van der Waals surface area contributed by atoms with E-state index in [1.54, 1.807) is 24.3 Å². The molecule has 1 rings (SSSR count). The smallest absolute Gasteiger partial charge is 0.321 e. The van der Waals surface area contributed by atoms with Crippen molar-refractivity contribution in [2.75, 3.05) is 31.2 Å². The van der Waals surface area contributed by atoms with E-state index in [0.29, 0.717) is 25.4 Å². The van der Waals surface area contributed by atoms with Crippen LogP contribution in [0.25, 0.3) is 0 Å². The highest BCUT2D eigenvalue weighted by molar-refractivity contribution is 5.92. The van der Waals surface area contributed by atoms with Gasteiger partial charge in [-0.2, -0.15) is 0 Å². The highest BCUT2D eigenvalue weighted by Gasteiger charge is 2.16. The molecular weight excluding hydrogens is 260 g/mol. The van der Waals surface area contributed by atoms with Crippen LogP contribution in [0.2, 0.25) is 0 Å². The Hall–Kier alpha value is -2.08. The number of nitrogens with zero attached hydrogens (tertiary/aromatic N) is 1. The summed E-state index contributed by atoms with van der Waals surface area (Å²) in [7, 11) is 0. The van der Waals surface area contributed by atoms with Crippen molar-refractivity contribution < 1.29 is 19.4 Å². The first kappa shape index (κ1) is 16.0. The standard InChI is InChI=1S/C14H20N2O4/c1-2-20-11-9-15-14(19)16(10-8-13(17)18)12-6-4-3-5-7-12/h3-7H,2,8-11H2,1H3,(H,15,19)(H,17,18). The first-order valence-electron chi connectivity index (χ1n) is 6.55. The number of amides is 2. The normalized spacial score (nSPS) is 10.1. The Morgan fingerprint density at radius 2 is 2.00 bits per heavy atom. The Morgan fingerprint density at radius 3 is 2.60 bits per heavy atom.